The Bertz CT molecular complexity index is 1120. The molecule has 5 N–H and O–H groups in total. The molecule has 2 aromatic rings. The van der Waals surface area contributed by atoms with Crippen LogP contribution in [0.3, 0.4) is 0 Å². The van der Waals surface area contributed by atoms with Gasteiger partial charge in [0.25, 0.3) is 11.8 Å². The van der Waals surface area contributed by atoms with Crippen molar-refractivity contribution in [2.24, 2.45) is 5.73 Å². The molecule has 44 heavy (non-hydrogen) atoms. The Hall–Kier alpha value is -4.13. The minimum Gasteiger partial charge on any atom is -0.484 e. The molecular formula is C25H34F6N6O7. The van der Waals surface area contributed by atoms with Gasteiger partial charge >= 0.3 is 24.3 Å². The predicted octanol–water partition coefficient (Wildman–Crippen LogP) is 2.90. The fourth-order valence-corrected chi connectivity index (χ4v) is 3.25. The predicted molar refractivity (Wildman–Crippen MR) is 143 cm³/mol. The summed E-state index contributed by atoms with van der Waals surface area (Å²) < 4.78 is 81.0. The van der Waals surface area contributed by atoms with E-state index in [2.05, 4.69) is 32.1 Å². The molecule has 3 heterocycles. The molecule has 1 saturated heterocycles. The van der Waals surface area contributed by atoms with E-state index < -0.39 is 24.3 Å². The Kier molecular flexibility index (Phi) is 16.5. The van der Waals surface area contributed by atoms with Crippen molar-refractivity contribution in [3.05, 3.63) is 30.7 Å². The lowest BCUT2D eigenvalue weighted by Crippen LogP contribution is -2.50. The number of ether oxygens (including phenoxy) is 3. The van der Waals surface area contributed by atoms with E-state index in [-0.39, 0.29) is 0 Å². The van der Waals surface area contributed by atoms with Gasteiger partial charge in [0.2, 0.25) is 0 Å². The zero-order valence-electron chi connectivity index (χ0n) is 23.6. The van der Waals surface area contributed by atoms with Crippen LogP contribution in [0.5, 0.6) is 17.5 Å². The number of nitrogens with one attached hydrogen (secondary N) is 1. The molecule has 0 amide bonds. The van der Waals surface area contributed by atoms with Gasteiger partial charge in [0, 0.05) is 44.3 Å². The lowest BCUT2D eigenvalue weighted by atomic mass is 10.2. The molecule has 0 aromatic carbocycles. The molecule has 2 aromatic heterocycles. The first-order chi connectivity index (χ1) is 20.7. The molecule has 1 fully saturated rings. The zero-order chi connectivity index (χ0) is 33.2. The molecule has 0 saturated carbocycles. The fraction of sp³-hybridized carbons (Fsp3) is 0.560. The first-order valence-electron chi connectivity index (χ1n) is 13.1. The molecule has 0 bridgehead atoms. The SMILES string of the molecule is C[C@@H]1CNCCN1c1nccnc1OCCOc1cccnc1OCCCCCN.O=C(O)C(F)(F)F.O=C(O)C(F)(F)F. The quantitative estimate of drug-likeness (QED) is 0.196. The Morgan fingerprint density at radius 1 is 0.909 bits per heavy atom. The summed E-state index contributed by atoms with van der Waals surface area (Å²) in [7, 11) is 0. The van der Waals surface area contributed by atoms with Crippen LogP contribution in [0.25, 0.3) is 0 Å². The van der Waals surface area contributed by atoms with Crippen LogP contribution >= 0.6 is 0 Å². The Morgan fingerprint density at radius 2 is 1.48 bits per heavy atom. The number of piperazine rings is 1. The van der Waals surface area contributed by atoms with Crippen molar-refractivity contribution in [2.75, 3.05) is 50.9 Å². The van der Waals surface area contributed by atoms with E-state index >= 15 is 0 Å². The van der Waals surface area contributed by atoms with E-state index in [1.165, 1.54) is 0 Å². The first kappa shape index (κ1) is 37.9. The van der Waals surface area contributed by atoms with Crippen LogP contribution in [0.2, 0.25) is 0 Å². The van der Waals surface area contributed by atoms with E-state index in [1.54, 1.807) is 18.6 Å². The van der Waals surface area contributed by atoms with Gasteiger partial charge in [0.15, 0.2) is 11.6 Å². The second-order valence-electron chi connectivity index (χ2n) is 8.74. The highest BCUT2D eigenvalue weighted by Crippen LogP contribution is 2.26. The molecule has 19 heteroatoms. The maximum Gasteiger partial charge on any atom is 0.490 e. The lowest BCUT2D eigenvalue weighted by Gasteiger charge is -2.35. The third-order valence-electron chi connectivity index (χ3n) is 5.31. The maximum absolute atomic E-state index is 10.6. The van der Waals surface area contributed by atoms with Crippen molar-refractivity contribution in [2.45, 2.75) is 44.6 Å². The number of carbonyl (C=O) groups is 2. The van der Waals surface area contributed by atoms with Gasteiger partial charge in [-0.15, -0.1) is 0 Å². The highest BCUT2D eigenvalue weighted by Gasteiger charge is 2.38. The molecule has 1 aliphatic heterocycles. The molecule has 3 rings (SSSR count). The zero-order valence-corrected chi connectivity index (χ0v) is 23.6. The van der Waals surface area contributed by atoms with Crippen LogP contribution in [-0.4, -0.2) is 101 Å². The van der Waals surface area contributed by atoms with Crippen LogP contribution in [0, 0.1) is 0 Å². The van der Waals surface area contributed by atoms with E-state index in [9.17, 15) is 26.3 Å². The van der Waals surface area contributed by atoms with Crippen LogP contribution in [0.4, 0.5) is 32.2 Å². The van der Waals surface area contributed by atoms with Crippen molar-refractivity contribution >= 4 is 17.8 Å². The monoisotopic (exact) mass is 644 g/mol. The number of carboxylic acids is 2. The maximum atomic E-state index is 10.6. The summed E-state index contributed by atoms with van der Waals surface area (Å²) >= 11 is 0. The number of rotatable bonds is 12. The summed E-state index contributed by atoms with van der Waals surface area (Å²) in [6, 6.07) is 4.00. The summed E-state index contributed by atoms with van der Waals surface area (Å²) in [5.41, 5.74) is 5.52. The van der Waals surface area contributed by atoms with Crippen molar-refractivity contribution < 1.29 is 60.4 Å². The molecule has 0 aliphatic carbocycles. The van der Waals surface area contributed by atoms with Crippen LogP contribution in [-0.2, 0) is 9.59 Å². The van der Waals surface area contributed by atoms with Gasteiger partial charge in [-0.1, -0.05) is 0 Å². The van der Waals surface area contributed by atoms with Gasteiger partial charge in [0.1, 0.15) is 13.2 Å². The number of anilines is 1. The van der Waals surface area contributed by atoms with Crippen LogP contribution < -0.4 is 30.2 Å². The Labute approximate surface area is 248 Å². The van der Waals surface area contributed by atoms with Gasteiger partial charge in [-0.25, -0.2) is 24.5 Å². The minimum atomic E-state index is -5.08. The van der Waals surface area contributed by atoms with Crippen molar-refractivity contribution in [1.82, 2.24) is 20.3 Å². The summed E-state index contributed by atoms with van der Waals surface area (Å²) in [6.07, 6.45) is -2.15. The number of hydrogen-bond donors (Lipinski definition) is 4. The number of nitrogens with zero attached hydrogens (tertiary/aromatic N) is 4. The number of aromatic nitrogens is 3. The number of unbranched alkanes of at least 4 members (excludes halogenated alkanes) is 2. The normalized spacial score (nSPS) is 14.7. The minimum absolute atomic E-state index is 0.328. The van der Waals surface area contributed by atoms with Crippen molar-refractivity contribution in [1.29, 1.82) is 0 Å². The lowest BCUT2D eigenvalue weighted by molar-refractivity contribution is -0.193. The highest BCUT2D eigenvalue weighted by atomic mass is 19.4. The molecule has 0 spiro atoms. The largest absolute Gasteiger partial charge is 0.490 e. The highest BCUT2D eigenvalue weighted by molar-refractivity contribution is 5.73. The summed E-state index contributed by atoms with van der Waals surface area (Å²) in [4.78, 5) is 33.1. The number of carboxylic acid groups (broad SMARTS) is 2. The molecule has 1 aliphatic rings. The molecule has 1 atom stereocenters. The van der Waals surface area contributed by atoms with E-state index in [1.807, 2.05) is 12.1 Å². The van der Waals surface area contributed by atoms with Gasteiger partial charge in [-0.3, -0.25) is 0 Å². The van der Waals surface area contributed by atoms with Gasteiger partial charge in [-0.2, -0.15) is 26.3 Å². The van der Waals surface area contributed by atoms with Crippen LogP contribution in [0.1, 0.15) is 26.2 Å². The van der Waals surface area contributed by atoms with Gasteiger partial charge < -0.3 is 40.4 Å². The Morgan fingerprint density at radius 3 is 2.07 bits per heavy atom. The standard InChI is InChI=1S/C21H32N6O3.2C2HF3O2/c1-17-16-23-11-12-27(17)19-21(26-10-9-24-19)30-15-14-28-18-6-5-8-25-20(18)29-13-4-2-3-7-22;2*3-2(4,5)1(6)7/h5-6,8-10,17,23H,2-4,7,11-16,22H2,1H3;2*(H,6,7)/t17-;;/m1../s1. The van der Waals surface area contributed by atoms with Gasteiger partial charge in [0.05, 0.1) is 6.61 Å². The van der Waals surface area contributed by atoms with Crippen LogP contribution in [0.15, 0.2) is 30.7 Å². The molecule has 248 valence electrons. The number of halogens is 6. The average Bonchev–Trinajstić information content (AvgIpc) is 2.96. The topological polar surface area (TPSA) is 182 Å². The number of pyridine rings is 1. The molecule has 0 unspecified atom stereocenters. The third kappa shape index (κ3) is 14.9. The second kappa shape index (κ2) is 19.2. The number of hydrogen-bond acceptors (Lipinski definition) is 11. The van der Waals surface area contributed by atoms with E-state index in [0.717, 1.165) is 44.7 Å². The number of aliphatic carboxylic acids is 2. The third-order valence-corrected chi connectivity index (χ3v) is 5.31. The number of nitrogens with two attached hydrogens (primary N) is 1. The summed E-state index contributed by atoms with van der Waals surface area (Å²) in [5, 5.41) is 17.6. The molecule has 13 nitrogen and oxygen atoms in total. The average molecular weight is 645 g/mol. The Balaban J connectivity index is 0.000000574. The first-order valence-corrected chi connectivity index (χ1v) is 13.1. The summed E-state index contributed by atoms with van der Waals surface area (Å²) in [6.45, 7) is 6.85. The van der Waals surface area contributed by atoms with Crippen molar-refractivity contribution in [3.63, 3.8) is 0 Å². The fourth-order valence-electron chi connectivity index (χ4n) is 3.25. The molecular weight excluding hydrogens is 610 g/mol. The second-order valence-corrected chi connectivity index (χ2v) is 8.74. The van der Waals surface area contributed by atoms with E-state index in [0.29, 0.717) is 49.9 Å². The molecule has 0 radical (unpaired) electrons. The smallest absolute Gasteiger partial charge is 0.484 e. The number of alkyl halides is 6. The van der Waals surface area contributed by atoms with E-state index in [4.69, 9.17) is 39.7 Å². The summed E-state index contributed by atoms with van der Waals surface area (Å²) in [5.74, 6) is -3.11. The van der Waals surface area contributed by atoms with Crippen molar-refractivity contribution in [3.8, 4) is 17.5 Å². The van der Waals surface area contributed by atoms with Gasteiger partial charge in [-0.05, 0) is 44.9 Å².